The Kier molecular flexibility index (Phi) is 6.09. The van der Waals surface area contributed by atoms with Gasteiger partial charge in [0.1, 0.15) is 0 Å². The molecule has 0 atom stereocenters. The van der Waals surface area contributed by atoms with Gasteiger partial charge in [0, 0.05) is 45.1 Å². The highest BCUT2D eigenvalue weighted by Crippen LogP contribution is 2.41. The largest absolute Gasteiger partial charge is 0.384 e. The van der Waals surface area contributed by atoms with Gasteiger partial charge < -0.3 is 14.5 Å². The highest BCUT2D eigenvalue weighted by Gasteiger charge is 2.44. The zero-order chi connectivity index (χ0) is 18.4. The number of rotatable bonds is 6. The highest BCUT2D eigenvalue weighted by atomic mass is 16.5. The summed E-state index contributed by atoms with van der Waals surface area (Å²) in [6, 6.07) is 10.1. The number of hydrogen-bond acceptors (Lipinski definition) is 3. The number of likely N-dealkylation sites (tertiary alicyclic amines) is 2. The molecule has 0 saturated carbocycles. The summed E-state index contributed by atoms with van der Waals surface area (Å²) in [5.41, 5.74) is 1.20. The fourth-order valence-corrected chi connectivity index (χ4v) is 3.94. The molecule has 2 fully saturated rings. The van der Waals surface area contributed by atoms with E-state index in [0.717, 1.165) is 38.0 Å². The standard InChI is InChI=1S/C21H28N2O3/c1-26-15-9-19(24)22-13-10-21(11-14-22)16-20(25)23(17-21)12-5-8-18-6-3-2-4-7-18/h2-8H,9-17H2,1H3/b8-5+. The van der Waals surface area contributed by atoms with Gasteiger partial charge in [-0.1, -0.05) is 42.5 Å². The third-order valence-electron chi connectivity index (χ3n) is 5.54. The van der Waals surface area contributed by atoms with Gasteiger partial charge in [-0.25, -0.2) is 0 Å². The van der Waals surface area contributed by atoms with Crippen molar-refractivity contribution in [2.75, 3.05) is 39.9 Å². The number of nitrogens with zero attached hydrogens (tertiary/aromatic N) is 2. The van der Waals surface area contributed by atoms with Crippen LogP contribution in [0.25, 0.3) is 6.08 Å². The summed E-state index contributed by atoms with van der Waals surface area (Å²) in [6.45, 7) is 3.45. The van der Waals surface area contributed by atoms with Gasteiger partial charge in [0.2, 0.25) is 11.8 Å². The fraction of sp³-hybridized carbons (Fsp3) is 0.524. The maximum Gasteiger partial charge on any atom is 0.224 e. The minimum Gasteiger partial charge on any atom is -0.384 e. The molecule has 5 heteroatoms. The molecular formula is C21H28N2O3. The lowest BCUT2D eigenvalue weighted by atomic mass is 9.77. The number of carbonyl (C=O) groups is 2. The first-order valence-electron chi connectivity index (χ1n) is 9.38. The van der Waals surface area contributed by atoms with Crippen LogP contribution in [0.15, 0.2) is 36.4 Å². The molecule has 5 nitrogen and oxygen atoms in total. The van der Waals surface area contributed by atoms with Crippen molar-refractivity contribution in [2.45, 2.75) is 25.7 Å². The minimum atomic E-state index is 0.0513. The Hall–Kier alpha value is -2.14. The normalized spacial score (nSPS) is 19.7. The molecule has 0 bridgehead atoms. The van der Waals surface area contributed by atoms with Crippen molar-refractivity contribution in [3.05, 3.63) is 42.0 Å². The second-order valence-corrected chi connectivity index (χ2v) is 7.39. The van der Waals surface area contributed by atoms with Crippen molar-refractivity contribution in [3.63, 3.8) is 0 Å². The van der Waals surface area contributed by atoms with E-state index in [1.807, 2.05) is 28.0 Å². The van der Waals surface area contributed by atoms with E-state index in [1.54, 1.807) is 7.11 Å². The Bertz CT molecular complexity index is 648. The van der Waals surface area contributed by atoms with Crippen molar-refractivity contribution in [1.82, 2.24) is 9.80 Å². The summed E-state index contributed by atoms with van der Waals surface area (Å²) in [4.78, 5) is 28.4. The number of ether oxygens (including phenoxy) is 1. The summed E-state index contributed by atoms with van der Waals surface area (Å²) in [7, 11) is 1.61. The Balaban J connectivity index is 1.50. The van der Waals surface area contributed by atoms with E-state index in [0.29, 0.717) is 26.0 Å². The zero-order valence-corrected chi connectivity index (χ0v) is 15.5. The van der Waals surface area contributed by atoms with Crippen molar-refractivity contribution in [1.29, 1.82) is 0 Å². The lowest BCUT2D eigenvalue weighted by molar-refractivity contribution is -0.134. The van der Waals surface area contributed by atoms with Gasteiger partial charge in [-0.2, -0.15) is 0 Å². The van der Waals surface area contributed by atoms with Crippen LogP contribution in [-0.4, -0.2) is 61.5 Å². The molecule has 2 saturated heterocycles. The van der Waals surface area contributed by atoms with Gasteiger partial charge in [0.05, 0.1) is 13.0 Å². The first kappa shape index (κ1) is 18.6. The topological polar surface area (TPSA) is 49.9 Å². The number of carbonyl (C=O) groups excluding carboxylic acids is 2. The maximum absolute atomic E-state index is 12.4. The van der Waals surface area contributed by atoms with Crippen LogP contribution in [-0.2, 0) is 14.3 Å². The maximum atomic E-state index is 12.4. The molecule has 26 heavy (non-hydrogen) atoms. The Morgan fingerprint density at radius 1 is 1.23 bits per heavy atom. The van der Waals surface area contributed by atoms with E-state index in [1.165, 1.54) is 0 Å². The first-order valence-corrected chi connectivity index (χ1v) is 9.38. The van der Waals surface area contributed by atoms with E-state index in [9.17, 15) is 9.59 Å². The molecular weight excluding hydrogens is 328 g/mol. The molecule has 2 aliphatic heterocycles. The predicted molar refractivity (Wildman–Crippen MR) is 101 cm³/mol. The zero-order valence-electron chi connectivity index (χ0n) is 15.5. The van der Waals surface area contributed by atoms with Crippen molar-refractivity contribution in [2.24, 2.45) is 5.41 Å². The summed E-state index contributed by atoms with van der Waals surface area (Å²) in [5, 5.41) is 0. The Labute approximate surface area is 155 Å². The number of methoxy groups -OCH3 is 1. The second-order valence-electron chi connectivity index (χ2n) is 7.39. The molecule has 1 spiro atoms. The highest BCUT2D eigenvalue weighted by molar-refractivity contribution is 5.80. The van der Waals surface area contributed by atoms with Gasteiger partial charge in [-0.05, 0) is 18.4 Å². The van der Waals surface area contributed by atoms with Crippen molar-refractivity contribution in [3.8, 4) is 0 Å². The molecule has 140 valence electrons. The van der Waals surface area contributed by atoms with Gasteiger partial charge in [0.15, 0.2) is 0 Å². The van der Waals surface area contributed by atoms with Gasteiger partial charge in [-0.3, -0.25) is 9.59 Å². The average molecular weight is 356 g/mol. The third-order valence-corrected chi connectivity index (χ3v) is 5.54. The van der Waals surface area contributed by atoms with E-state index in [4.69, 9.17) is 4.74 Å². The number of hydrogen-bond donors (Lipinski definition) is 0. The van der Waals surface area contributed by atoms with E-state index in [2.05, 4.69) is 24.3 Å². The molecule has 2 aliphatic rings. The van der Waals surface area contributed by atoms with Crippen LogP contribution >= 0.6 is 0 Å². The molecule has 1 aromatic carbocycles. The van der Waals surface area contributed by atoms with Crippen LogP contribution in [0.1, 0.15) is 31.2 Å². The number of amides is 2. The monoisotopic (exact) mass is 356 g/mol. The lowest BCUT2D eigenvalue weighted by Crippen LogP contribution is -2.44. The van der Waals surface area contributed by atoms with Gasteiger partial charge >= 0.3 is 0 Å². The van der Waals surface area contributed by atoms with E-state index in [-0.39, 0.29) is 17.2 Å². The quantitative estimate of drug-likeness (QED) is 0.787. The second kappa shape index (κ2) is 8.49. The molecule has 0 N–H and O–H groups in total. The SMILES string of the molecule is COCCC(=O)N1CCC2(CC1)CC(=O)N(C/C=C/c1ccccc1)C2. The third kappa shape index (κ3) is 4.52. The fourth-order valence-electron chi connectivity index (χ4n) is 3.94. The molecule has 2 amide bonds. The minimum absolute atomic E-state index is 0.0513. The van der Waals surface area contributed by atoms with Crippen molar-refractivity contribution < 1.29 is 14.3 Å². The van der Waals surface area contributed by atoms with Crippen LogP contribution in [0.2, 0.25) is 0 Å². The summed E-state index contributed by atoms with van der Waals surface area (Å²) < 4.78 is 4.99. The molecule has 2 heterocycles. The molecule has 1 aromatic rings. The summed E-state index contributed by atoms with van der Waals surface area (Å²) in [6.07, 6.45) is 7.02. The smallest absolute Gasteiger partial charge is 0.224 e. The number of piperidine rings is 1. The van der Waals surface area contributed by atoms with E-state index >= 15 is 0 Å². The summed E-state index contributed by atoms with van der Waals surface area (Å²) >= 11 is 0. The van der Waals surface area contributed by atoms with Crippen LogP contribution in [0, 0.1) is 5.41 Å². The van der Waals surface area contributed by atoms with Gasteiger partial charge in [-0.15, -0.1) is 0 Å². The van der Waals surface area contributed by atoms with Crippen LogP contribution in [0.5, 0.6) is 0 Å². The lowest BCUT2D eigenvalue weighted by Gasteiger charge is -2.38. The van der Waals surface area contributed by atoms with Crippen LogP contribution < -0.4 is 0 Å². The Morgan fingerprint density at radius 3 is 2.65 bits per heavy atom. The first-order chi connectivity index (χ1) is 12.6. The Morgan fingerprint density at radius 2 is 1.96 bits per heavy atom. The molecule has 0 unspecified atom stereocenters. The number of benzene rings is 1. The van der Waals surface area contributed by atoms with Crippen LogP contribution in [0.3, 0.4) is 0 Å². The molecule has 0 aliphatic carbocycles. The van der Waals surface area contributed by atoms with E-state index < -0.39 is 0 Å². The molecule has 0 radical (unpaired) electrons. The van der Waals surface area contributed by atoms with Crippen molar-refractivity contribution >= 4 is 17.9 Å². The molecule has 0 aromatic heterocycles. The van der Waals surface area contributed by atoms with Crippen LogP contribution in [0.4, 0.5) is 0 Å². The summed E-state index contributed by atoms with van der Waals surface area (Å²) in [5.74, 6) is 0.399. The molecule has 3 rings (SSSR count). The predicted octanol–water partition coefficient (Wildman–Crippen LogP) is 2.58. The average Bonchev–Trinajstić information content (AvgIpc) is 2.96. The van der Waals surface area contributed by atoms with Gasteiger partial charge in [0.25, 0.3) is 0 Å².